The van der Waals surface area contributed by atoms with Gasteiger partial charge in [-0.05, 0) is 53.2 Å². The van der Waals surface area contributed by atoms with Gasteiger partial charge in [0.1, 0.15) is 0 Å². The van der Waals surface area contributed by atoms with Crippen molar-refractivity contribution in [2.24, 2.45) is 0 Å². The van der Waals surface area contributed by atoms with Crippen molar-refractivity contribution >= 4 is 6.03 Å². The maximum Gasteiger partial charge on any atom is 0.317 e. The van der Waals surface area contributed by atoms with Crippen molar-refractivity contribution in [1.82, 2.24) is 20.0 Å². The van der Waals surface area contributed by atoms with Gasteiger partial charge in [-0.15, -0.1) is 0 Å². The largest absolute Gasteiger partial charge is 0.377 e. The highest BCUT2D eigenvalue weighted by atomic mass is 16.5. The summed E-state index contributed by atoms with van der Waals surface area (Å²) >= 11 is 0. The Bertz CT molecular complexity index is 370. The molecule has 0 radical (unpaired) electrons. The molecule has 24 heavy (non-hydrogen) atoms. The summed E-state index contributed by atoms with van der Waals surface area (Å²) in [4.78, 5) is 18.8. The molecule has 0 spiro atoms. The minimum absolute atomic E-state index is 0.0893. The number of amides is 2. The standard InChI is InChI=1S/C18H36N4O2/c1-16-6-4-5-10-21(16)13-9-19-18(23)22-11-7-17(8-12-22)24-15-14-20(2)3/h16-17H,4-15H2,1-3H3,(H,19,23)/t16-/m0/s1. The molecule has 0 saturated carbocycles. The predicted octanol–water partition coefficient (Wildman–Crippen LogP) is 1.61. The molecule has 2 amide bonds. The normalized spacial score (nSPS) is 23.7. The number of nitrogens with zero attached hydrogens (tertiary/aromatic N) is 3. The first-order valence-corrected chi connectivity index (χ1v) is 9.59. The van der Waals surface area contributed by atoms with Crippen molar-refractivity contribution in [3.63, 3.8) is 0 Å². The summed E-state index contributed by atoms with van der Waals surface area (Å²) in [5, 5.41) is 3.09. The molecule has 2 rings (SSSR count). The quantitative estimate of drug-likeness (QED) is 0.765. The highest BCUT2D eigenvalue weighted by molar-refractivity contribution is 5.74. The van der Waals surface area contributed by atoms with E-state index in [4.69, 9.17) is 4.74 Å². The second-order valence-electron chi connectivity index (χ2n) is 7.47. The van der Waals surface area contributed by atoms with Crippen LogP contribution >= 0.6 is 0 Å². The number of hydrogen-bond acceptors (Lipinski definition) is 4. The number of rotatable bonds is 7. The summed E-state index contributed by atoms with van der Waals surface area (Å²) < 4.78 is 5.89. The number of urea groups is 1. The molecule has 6 nitrogen and oxygen atoms in total. The van der Waals surface area contributed by atoms with Gasteiger partial charge in [-0.3, -0.25) is 4.90 Å². The van der Waals surface area contributed by atoms with Crippen LogP contribution in [0.4, 0.5) is 4.79 Å². The van der Waals surface area contributed by atoms with Gasteiger partial charge in [0.2, 0.25) is 0 Å². The lowest BCUT2D eigenvalue weighted by Crippen LogP contribution is -2.48. The second kappa shape index (κ2) is 10.2. The van der Waals surface area contributed by atoms with E-state index in [1.54, 1.807) is 0 Å². The third-order valence-electron chi connectivity index (χ3n) is 5.24. The molecule has 2 aliphatic rings. The SMILES string of the molecule is C[C@H]1CCCCN1CCNC(=O)N1CCC(OCCN(C)C)CC1. The third kappa shape index (κ3) is 6.57. The number of carbonyl (C=O) groups excluding carboxylic acids is 1. The van der Waals surface area contributed by atoms with E-state index in [0.29, 0.717) is 12.1 Å². The van der Waals surface area contributed by atoms with E-state index >= 15 is 0 Å². The van der Waals surface area contributed by atoms with Gasteiger partial charge in [-0.25, -0.2) is 4.79 Å². The van der Waals surface area contributed by atoms with Crippen LogP contribution in [0.3, 0.4) is 0 Å². The molecule has 2 saturated heterocycles. The van der Waals surface area contributed by atoms with E-state index in [1.165, 1.54) is 25.8 Å². The second-order valence-corrected chi connectivity index (χ2v) is 7.47. The number of likely N-dealkylation sites (tertiary alicyclic amines) is 2. The van der Waals surface area contributed by atoms with Crippen molar-refractivity contribution in [2.45, 2.75) is 51.2 Å². The number of nitrogens with one attached hydrogen (secondary N) is 1. The summed E-state index contributed by atoms with van der Waals surface area (Å²) in [5.41, 5.74) is 0. The monoisotopic (exact) mass is 340 g/mol. The maximum atomic E-state index is 12.3. The third-order valence-corrected chi connectivity index (χ3v) is 5.24. The van der Waals surface area contributed by atoms with Crippen LogP contribution in [-0.4, -0.2) is 92.8 Å². The molecule has 140 valence electrons. The Morgan fingerprint density at radius 3 is 2.58 bits per heavy atom. The van der Waals surface area contributed by atoms with Crippen molar-refractivity contribution < 1.29 is 9.53 Å². The number of carbonyl (C=O) groups is 1. The van der Waals surface area contributed by atoms with Crippen LogP contribution in [0.5, 0.6) is 0 Å². The number of piperidine rings is 2. The Hall–Kier alpha value is -0.850. The molecular formula is C18H36N4O2. The van der Waals surface area contributed by atoms with Crippen LogP contribution in [0, 0.1) is 0 Å². The molecule has 0 bridgehead atoms. The zero-order valence-electron chi connectivity index (χ0n) is 15.8. The van der Waals surface area contributed by atoms with E-state index in [0.717, 1.165) is 52.2 Å². The molecule has 0 aromatic carbocycles. The van der Waals surface area contributed by atoms with Crippen LogP contribution in [0.25, 0.3) is 0 Å². The lowest BCUT2D eigenvalue weighted by Gasteiger charge is -2.34. The first-order valence-electron chi connectivity index (χ1n) is 9.59. The van der Waals surface area contributed by atoms with Crippen LogP contribution in [0.1, 0.15) is 39.0 Å². The van der Waals surface area contributed by atoms with E-state index in [-0.39, 0.29) is 6.03 Å². The molecule has 1 N–H and O–H groups in total. The summed E-state index contributed by atoms with van der Waals surface area (Å²) in [7, 11) is 4.11. The smallest absolute Gasteiger partial charge is 0.317 e. The lowest BCUT2D eigenvalue weighted by atomic mass is 10.0. The van der Waals surface area contributed by atoms with Crippen LogP contribution in [0.2, 0.25) is 0 Å². The van der Waals surface area contributed by atoms with E-state index in [2.05, 4.69) is 36.1 Å². The predicted molar refractivity (Wildman–Crippen MR) is 97.4 cm³/mol. The van der Waals surface area contributed by atoms with Gasteiger partial charge in [-0.1, -0.05) is 6.42 Å². The van der Waals surface area contributed by atoms with Crippen molar-refractivity contribution in [3.05, 3.63) is 0 Å². The molecule has 0 aromatic heterocycles. The average Bonchev–Trinajstić information content (AvgIpc) is 2.57. The molecular weight excluding hydrogens is 304 g/mol. The fraction of sp³-hybridized carbons (Fsp3) is 0.944. The minimum Gasteiger partial charge on any atom is -0.377 e. The molecule has 0 aromatic rings. The van der Waals surface area contributed by atoms with Crippen molar-refractivity contribution in [1.29, 1.82) is 0 Å². The van der Waals surface area contributed by atoms with E-state index < -0.39 is 0 Å². The summed E-state index contributed by atoms with van der Waals surface area (Å²) in [6, 6.07) is 0.747. The highest BCUT2D eigenvalue weighted by Gasteiger charge is 2.23. The topological polar surface area (TPSA) is 48.1 Å². The molecule has 0 unspecified atom stereocenters. The highest BCUT2D eigenvalue weighted by Crippen LogP contribution is 2.16. The molecule has 2 fully saturated rings. The van der Waals surface area contributed by atoms with Gasteiger partial charge in [0, 0.05) is 38.8 Å². The Kier molecular flexibility index (Phi) is 8.29. The van der Waals surface area contributed by atoms with E-state index in [9.17, 15) is 4.79 Å². The van der Waals surface area contributed by atoms with Crippen molar-refractivity contribution in [2.75, 3.05) is 60.0 Å². The molecule has 2 aliphatic heterocycles. The van der Waals surface area contributed by atoms with Gasteiger partial charge in [-0.2, -0.15) is 0 Å². The van der Waals surface area contributed by atoms with Gasteiger partial charge >= 0.3 is 6.03 Å². The summed E-state index contributed by atoms with van der Waals surface area (Å²) in [6.07, 6.45) is 6.13. The van der Waals surface area contributed by atoms with Crippen LogP contribution < -0.4 is 5.32 Å². The number of hydrogen-bond donors (Lipinski definition) is 1. The van der Waals surface area contributed by atoms with Gasteiger partial charge in [0.25, 0.3) is 0 Å². The van der Waals surface area contributed by atoms with Gasteiger partial charge in [0.15, 0.2) is 0 Å². The Morgan fingerprint density at radius 2 is 1.92 bits per heavy atom. The molecule has 1 atom stereocenters. The summed E-state index contributed by atoms with van der Waals surface area (Å²) in [5.74, 6) is 0. The number of ether oxygens (including phenoxy) is 1. The first-order chi connectivity index (χ1) is 11.6. The van der Waals surface area contributed by atoms with E-state index in [1.807, 2.05) is 4.90 Å². The van der Waals surface area contributed by atoms with Gasteiger partial charge < -0.3 is 19.9 Å². The Balaban J connectivity index is 1.57. The summed E-state index contributed by atoms with van der Waals surface area (Å²) in [6.45, 7) is 8.53. The van der Waals surface area contributed by atoms with Crippen molar-refractivity contribution in [3.8, 4) is 0 Å². The van der Waals surface area contributed by atoms with Gasteiger partial charge in [0.05, 0.1) is 12.7 Å². The zero-order chi connectivity index (χ0) is 17.4. The fourth-order valence-corrected chi connectivity index (χ4v) is 3.54. The molecule has 6 heteroatoms. The first kappa shape index (κ1) is 19.5. The average molecular weight is 341 g/mol. The molecule has 0 aliphatic carbocycles. The zero-order valence-corrected chi connectivity index (χ0v) is 15.8. The molecule has 2 heterocycles. The number of likely N-dealkylation sites (N-methyl/N-ethyl adjacent to an activating group) is 1. The maximum absolute atomic E-state index is 12.3. The van der Waals surface area contributed by atoms with Crippen LogP contribution in [-0.2, 0) is 4.74 Å². The lowest BCUT2D eigenvalue weighted by molar-refractivity contribution is 0.00907. The minimum atomic E-state index is 0.0893. The fourth-order valence-electron chi connectivity index (χ4n) is 3.54. The van der Waals surface area contributed by atoms with Crippen LogP contribution in [0.15, 0.2) is 0 Å². The Morgan fingerprint density at radius 1 is 1.17 bits per heavy atom. The Labute approximate surface area is 147 Å².